The maximum absolute atomic E-state index is 12.9. The van der Waals surface area contributed by atoms with Gasteiger partial charge in [0.1, 0.15) is 5.75 Å². The second-order valence-electron chi connectivity index (χ2n) is 6.75. The summed E-state index contributed by atoms with van der Waals surface area (Å²) in [5.74, 6) is 0.668. The maximum Gasteiger partial charge on any atom is 0.295 e. The molecule has 156 valence electrons. The van der Waals surface area contributed by atoms with E-state index in [4.69, 9.17) is 27.9 Å². The van der Waals surface area contributed by atoms with Crippen LogP contribution in [-0.2, 0) is 0 Å². The lowest BCUT2D eigenvalue weighted by molar-refractivity contribution is 0.101. The molecule has 0 bridgehead atoms. The maximum atomic E-state index is 12.9. The Morgan fingerprint density at radius 3 is 2.58 bits per heavy atom. The number of anilines is 1. The number of carbonyl (C=O) groups is 1. The Morgan fingerprint density at radius 1 is 1.03 bits per heavy atom. The van der Waals surface area contributed by atoms with E-state index in [1.54, 1.807) is 54.3 Å². The molecule has 0 spiro atoms. The molecule has 0 atom stereocenters. The lowest BCUT2D eigenvalue weighted by Gasteiger charge is -2.10. The zero-order valence-electron chi connectivity index (χ0n) is 16.8. The topological polar surface area (TPSA) is 69.0 Å². The fraction of sp³-hybridized carbons (Fsp3) is 0.0870. The van der Waals surface area contributed by atoms with Gasteiger partial charge in [-0.15, -0.1) is 5.10 Å². The average molecular weight is 453 g/mol. The summed E-state index contributed by atoms with van der Waals surface area (Å²) < 4.78 is 6.81. The Bertz CT molecular complexity index is 1270. The van der Waals surface area contributed by atoms with Crippen LogP contribution in [0.25, 0.3) is 17.1 Å². The van der Waals surface area contributed by atoms with E-state index in [0.717, 1.165) is 16.8 Å². The highest BCUT2D eigenvalue weighted by Gasteiger charge is 2.20. The molecule has 8 heteroatoms. The summed E-state index contributed by atoms with van der Waals surface area (Å²) in [6, 6.07) is 19.8. The molecule has 1 amide bonds. The fourth-order valence-electron chi connectivity index (χ4n) is 3.10. The van der Waals surface area contributed by atoms with Crippen molar-refractivity contribution in [2.24, 2.45) is 0 Å². The van der Waals surface area contributed by atoms with Gasteiger partial charge in [-0.1, -0.05) is 47.5 Å². The van der Waals surface area contributed by atoms with Crippen LogP contribution < -0.4 is 10.1 Å². The van der Waals surface area contributed by atoms with Crippen molar-refractivity contribution in [2.45, 2.75) is 6.92 Å². The standard InChI is InChI=1S/C23H18Cl2N4O2/c1-14-19(25)10-5-11-20(14)29-22(15-6-3-7-16(24)12-15)27-21(28-29)23(30)26-17-8-4-9-18(13-17)31-2/h3-13H,1-2H3,(H,26,30). The van der Waals surface area contributed by atoms with Crippen molar-refractivity contribution < 1.29 is 9.53 Å². The third kappa shape index (κ3) is 4.40. The average Bonchev–Trinajstić information content (AvgIpc) is 3.21. The van der Waals surface area contributed by atoms with Crippen molar-refractivity contribution in [3.05, 3.63) is 88.2 Å². The van der Waals surface area contributed by atoms with E-state index in [-0.39, 0.29) is 5.82 Å². The minimum absolute atomic E-state index is 0.0113. The minimum atomic E-state index is -0.449. The quantitative estimate of drug-likeness (QED) is 0.414. The van der Waals surface area contributed by atoms with Gasteiger partial charge in [-0.05, 0) is 48.9 Å². The number of hydrogen-bond acceptors (Lipinski definition) is 4. The molecule has 0 fully saturated rings. The second-order valence-corrected chi connectivity index (χ2v) is 7.59. The number of hydrogen-bond donors (Lipinski definition) is 1. The number of ether oxygens (including phenoxy) is 1. The van der Waals surface area contributed by atoms with Crippen LogP contribution in [0.2, 0.25) is 10.0 Å². The van der Waals surface area contributed by atoms with Gasteiger partial charge in [-0.25, -0.2) is 9.67 Å². The van der Waals surface area contributed by atoms with Crippen molar-refractivity contribution in [2.75, 3.05) is 12.4 Å². The molecule has 0 unspecified atom stereocenters. The Morgan fingerprint density at radius 2 is 1.81 bits per heavy atom. The van der Waals surface area contributed by atoms with Gasteiger partial charge in [0.25, 0.3) is 5.91 Å². The molecule has 0 aliphatic carbocycles. The molecular weight excluding hydrogens is 435 g/mol. The zero-order valence-corrected chi connectivity index (χ0v) is 18.3. The van der Waals surface area contributed by atoms with Crippen LogP contribution in [0, 0.1) is 6.92 Å². The van der Waals surface area contributed by atoms with Crippen LogP contribution >= 0.6 is 23.2 Å². The number of benzene rings is 3. The predicted molar refractivity (Wildman–Crippen MR) is 122 cm³/mol. The number of aromatic nitrogens is 3. The molecule has 1 aromatic heterocycles. The van der Waals surface area contributed by atoms with Crippen molar-refractivity contribution in [3.8, 4) is 22.8 Å². The van der Waals surface area contributed by atoms with Gasteiger partial charge in [0.2, 0.25) is 5.82 Å². The van der Waals surface area contributed by atoms with Crippen LogP contribution in [-0.4, -0.2) is 27.8 Å². The lowest BCUT2D eigenvalue weighted by atomic mass is 10.1. The summed E-state index contributed by atoms with van der Waals surface area (Å²) in [5.41, 5.74) is 2.83. The number of nitrogens with one attached hydrogen (secondary N) is 1. The van der Waals surface area contributed by atoms with Crippen LogP contribution in [0.1, 0.15) is 16.2 Å². The summed E-state index contributed by atoms with van der Waals surface area (Å²) in [5, 5.41) is 8.44. The Balaban J connectivity index is 1.79. The third-order valence-corrected chi connectivity index (χ3v) is 5.33. The molecule has 31 heavy (non-hydrogen) atoms. The molecule has 0 saturated carbocycles. The number of nitrogens with zero attached hydrogens (tertiary/aromatic N) is 3. The zero-order chi connectivity index (χ0) is 22.0. The molecular formula is C23H18Cl2N4O2. The van der Waals surface area contributed by atoms with E-state index in [1.807, 2.05) is 31.2 Å². The molecule has 6 nitrogen and oxygen atoms in total. The van der Waals surface area contributed by atoms with Crippen LogP contribution in [0.4, 0.5) is 5.69 Å². The second kappa shape index (κ2) is 8.79. The van der Waals surface area contributed by atoms with Crippen LogP contribution in [0.3, 0.4) is 0 Å². The normalized spacial score (nSPS) is 10.7. The van der Waals surface area contributed by atoms with Gasteiger partial charge < -0.3 is 10.1 Å². The summed E-state index contributed by atoms with van der Waals surface area (Å²) in [7, 11) is 1.56. The smallest absolute Gasteiger partial charge is 0.295 e. The van der Waals surface area contributed by atoms with Crippen molar-refractivity contribution in [3.63, 3.8) is 0 Å². The number of amides is 1. The van der Waals surface area contributed by atoms with Gasteiger partial charge >= 0.3 is 0 Å². The SMILES string of the molecule is COc1cccc(NC(=O)c2nc(-c3cccc(Cl)c3)n(-c3cccc(Cl)c3C)n2)c1. The molecule has 3 aromatic carbocycles. The number of rotatable bonds is 5. The molecule has 0 saturated heterocycles. The van der Waals surface area contributed by atoms with E-state index in [2.05, 4.69) is 15.4 Å². The van der Waals surface area contributed by atoms with Gasteiger partial charge in [0.15, 0.2) is 5.82 Å². The highest BCUT2D eigenvalue weighted by molar-refractivity contribution is 6.31. The number of halogens is 2. The van der Waals surface area contributed by atoms with E-state index in [0.29, 0.717) is 27.3 Å². The van der Waals surface area contributed by atoms with Crippen molar-refractivity contribution in [1.29, 1.82) is 0 Å². The first-order valence-electron chi connectivity index (χ1n) is 9.40. The van der Waals surface area contributed by atoms with Crippen LogP contribution in [0.5, 0.6) is 5.75 Å². The molecule has 0 aliphatic rings. The monoisotopic (exact) mass is 452 g/mol. The highest BCUT2D eigenvalue weighted by atomic mass is 35.5. The van der Waals surface area contributed by atoms with Gasteiger partial charge in [-0.3, -0.25) is 4.79 Å². The fourth-order valence-corrected chi connectivity index (χ4v) is 3.46. The first kappa shape index (κ1) is 20.9. The first-order chi connectivity index (χ1) is 15.0. The Hall–Kier alpha value is -3.35. The highest BCUT2D eigenvalue weighted by Crippen LogP contribution is 2.28. The molecule has 4 aromatic rings. The lowest BCUT2D eigenvalue weighted by Crippen LogP contribution is -2.14. The Kier molecular flexibility index (Phi) is 5.93. The van der Waals surface area contributed by atoms with E-state index in [1.165, 1.54) is 0 Å². The number of carbonyl (C=O) groups excluding carboxylic acids is 1. The van der Waals surface area contributed by atoms with E-state index in [9.17, 15) is 4.79 Å². The van der Waals surface area contributed by atoms with Gasteiger partial charge in [0, 0.05) is 27.4 Å². The van der Waals surface area contributed by atoms with Crippen LogP contribution in [0.15, 0.2) is 66.7 Å². The third-order valence-electron chi connectivity index (χ3n) is 4.69. The first-order valence-corrected chi connectivity index (χ1v) is 10.2. The Labute approximate surface area is 189 Å². The number of methoxy groups -OCH3 is 1. The summed E-state index contributed by atoms with van der Waals surface area (Å²) in [6.45, 7) is 1.89. The molecule has 0 radical (unpaired) electrons. The summed E-state index contributed by atoms with van der Waals surface area (Å²) in [4.78, 5) is 17.4. The van der Waals surface area contributed by atoms with Crippen molar-refractivity contribution in [1.82, 2.24) is 14.8 Å². The summed E-state index contributed by atoms with van der Waals surface area (Å²) in [6.07, 6.45) is 0. The molecule has 0 aliphatic heterocycles. The molecule has 4 rings (SSSR count). The summed E-state index contributed by atoms with van der Waals surface area (Å²) >= 11 is 12.5. The van der Waals surface area contributed by atoms with E-state index >= 15 is 0 Å². The van der Waals surface area contributed by atoms with Crippen molar-refractivity contribution >= 4 is 34.8 Å². The largest absolute Gasteiger partial charge is 0.497 e. The predicted octanol–water partition coefficient (Wildman–Crippen LogP) is 5.81. The minimum Gasteiger partial charge on any atom is -0.497 e. The van der Waals surface area contributed by atoms with E-state index < -0.39 is 5.91 Å². The van der Waals surface area contributed by atoms with Gasteiger partial charge in [-0.2, -0.15) is 0 Å². The molecule has 1 N–H and O–H groups in total. The van der Waals surface area contributed by atoms with Gasteiger partial charge in [0.05, 0.1) is 12.8 Å². The molecule has 1 heterocycles.